The van der Waals surface area contributed by atoms with Gasteiger partial charge >= 0.3 is 12.0 Å². The molecule has 5 nitrogen and oxygen atoms in total. The second kappa shape index (κ2) is 6.74. The number of urea groups is 1. The first kappa shape index (κ1) is 14.8. The first-order chi connectivity index (χ1) is 10.1. The number of aliphatic carboxylic acids is 1. The second-order valence-corrected chi connectivity index (χ2v) is 4.80. The molecule has 0 spiro atoms. The predicted octanol–water partition coefficient (Wildman–Crippen LogP) is 3.21. The van der Waals surface area contributed by atoms with Gasteiger partial charge in [0.05, 0.1) is 5.69 Å². The van der Waals surface area contributed by atoms with Crippen molar-refractivity contribution in [3.63, 3.8) is 0 Å². The molecule has 110 valence electrons. The van der Waals surface area contributed by atoms with Crippen LogP contribution < -0.4 is 10.6 Å². The van der Waals surface area contributed by atoms with E-state index in [1.165, 1.54) is 0 Å². The quantitative estimate of drug-likeness (QED) is 0.789. The maximum Gasteiger partial charge on any atom is 0.326 e. The Morgan fingerprint density at radius 2 is 1.86 bits per heavy atom. The molecule has 0 aliphatic rings. The molecule has 2 amide bonds. The third-order valence-electron chi connectivity index (χ3n) is 3.22. The number of hydrogen-bond acceptors (Lipinski definition) is 2. The molecule has 0 heterocycles. The summed E-state index contributed by atoms with van der Waals surface area (Å²) in [6, 6.07) is 11.9. The second-order valence-electron chi connectivity index (χ2n) is 4.80. The van der Waals surface area contributed by atoms with E-state index in [0.717, 1.165) is 10.8 Å². The molecule has 0 radical (unpaired) electrons. The van der Waals surface area contributed by atoms with Crippen LogP contribution >= 0.6 is 0 Å². The van der Waals surface area contributed by atoms with E-state index in [-0.39, 0.29) is 0 Å². The fourth-order valence-corrected chi connectivity index (χ4v) is 2.20. The zero-order valence-electron chi connectivity index (χ0n) is 11.8. The van der Waals surface area contributed by atoms with Crippen LogP contribution in [0.5, 0.6) is 0 Å². The Morgan fingerprint density at radius 1 is 1.14 bits per heavy atom. The van der Waals surface area contributed by atoms with Crippen molar-refractivity contribution < 1.29 is 14.7 Å². The summed E-state index contributed by atoms with van der Waals surface area (Å²) in [7, 11) is 0. The Hall–Kier alpha value is -2.56. The van der Waals surface area contributed by atoms with Crippen LogP contribution in [0.25, 0.3) is 10.8 Å². The summed E-state index contributed by atoms with van der Waals surface area (Å²) in [5.41, 5.74) is 0.659. The van der Waals surface area contributed by atoms with E-state index in [4.69, 9.17) is 5.11 Å². The van der Waals surface area contributed by atoms with Crippen LogP contribution in [0.4, 0.5) is 10.5 Å². The number of benzene rings is 2. The summed E-state index contributed by atoms with van der Waals surface area (Å²) >= 11 is 0. The average Bonchev–Trinajstić information content (AvgIpc) is 2.47. The number of amides is 2. The lowest BCUT2D eigenvalue weighted by atomic mass is 10.1. The minimum absolute atomic E-state index is 0.401. The van der Waals surface area contributed by atoms with E-state index in [9.17, 15) is 9.59 Å². The zero-order valence-corrected chi connectivity index (χ0v) is 11.8. The minimum atomic E-state index is -1.02. The SMILES string of the molecule is CCC[C@H](NC(=O)Nc1cccc2ccccc12)C(=O)O. The maximum atomic E-state index is 12.0. The fraction of sp³-hybridized carbons (Fsp3) is 0.250. The summed E-state index contributed by atoms with van der Waals surface area (Å²) in [6.07, 6.45) is 1.09. The highest BCUT2D eigenvalue weighted by atomic mass is 16.4. The van der Waals surface area contributed by atoms with Crippen LogP contribution in [0.1, 0.15) is 19.8 Å². The van der Waals surface area contributed by atoms with E-state index in [0.29, 0.717) is 18.5 Å². The van der Waals surface area contributed by atoms with Gasteiger partial charge in [-0.2, -0.15) is 0 Å². The number of rotatable bonds is 5. The number of anilines is 1. The van der Waals surface area contributed by atoms with Gasteiger partial charge in [-0.15, -0.1) is 0 Å². The van der Waals surface area contributed by atoms with Gasteiger partial charge in [0, 0.05) is 5.39 Å². The van der Waals surface area contributed by atoms with Gasteiger partial charge in [-0.05, 0) is 17.9 Å². The van der Waals surface area contributed by atoms with Crippen LogP contribution in [0.15, 0.2) is 42.5 Å². The monoisotopic (exact) mass is 286 g/mol. The molecule has 21 heavy (non-hydrogen) atoms. The highest BCUT2D eigenvalue weighted by molar-refractivity contribution is 6.02. The lowest BCUT2D eigenvalue weighted by Gasteiger charge is -2.15. The first-order valence-electron chi connectivity index (χ1n) is 6.90. The standard InChI is InChI=1S/C16H18N2O3/c1-2-6-14(15(19)20)18-16(21)17-13-10-5-8-11-7-3-4-9-12(11)13/h3-5,7-10,14H,2,6H2,1H3,(H,19,20)(H2,17,18,21)/t14-/m0/s1. The van der Waals surface area contributed by atoms with Gasteiger partial charge < -0.3 is 15.7 Å². The smallest absolute Gasteiger partial charge is 0.326 e. The Labute approximate surface area is 123 Å². The summed E-state index contributed by atoms with van der Waals surface area (Å²) in [5.74, 6) is -1.02. The van der Waals surface area contributed by atoms with Crippen molar-refractivity contribution in [2.24, 2.45) is 0 Å². The normalized spacial score (nSPS) is 11.9. The Morgan fingerprint density at radius 3 is 2.57 bits per heavy atom. The molecule has 3 N–H and O–H groups in total. The molecule has 0 aliphatic carbocycles. The van der Waals surface area contributed by atoms with Crippen LogP contribution in [0.2, 0.25) is 0 Å². The Balaban J connectivity index is 2.13. The molecule has 5 heteroatoms. The average molecular weight is 286 g/mol. The zero-order chi connectivity index (χ0) is 15.2. The highest BCUT2D eigenvalue weighted by Crippen LogP contribution is 2.22. The Bertz CT molecular complexity index is 650. The lowest BCUT2D eigenvalue weighted by molar-refractivity contribution is -0.139. The van der Waals surface area contributed by atoms with Crippen molar-refractivity contribution in [1.82, 2.24) is 5.32 Å². The molecule has 0 bridgehead atoms. The number of carboxylic acids is 1. The predicted molar refractivity (Wildman–Crippen MR) is 82.4 cm³/mol. The number of nitrogens with one attached hydrogen (secondary N) is 2. The number of fused-ring (bicyclic) bond motifs is 1. The van der Waals surface area contributed by atoms with Gasteiger partial charge in [0.2, 0.25) is 0 Å². The van der Waals surface area contributed by atoms with Crippen LogP contribution in [0, 0.1) is 0 Å². The van der Waals surface area contributed by atoms with E-state index >= 15 is 0 Å². The molecule has 2 aromatic carbocycles. The third kappa shape index (κ3) is 3.72. The molecular formula is C16H18N2O3. The van der Waals surface area contributed by atoms with E-state index in [1.807, 2.05) is 43.3 Å². The number of carbonyl (C=O) groups excluding carboxylic acids is 1. The summed E-state index contributed by atoms with van der Waals surface area (Å²) < 4.78 is 0. The van der Waals surface area contributed by atoms with Gasteiger partial charge in [-0.1, -0.05) is 49.7 Å². The van der Waals surface area contributed by atoms with E-state index in [2.05, 4.69) is 10.6 Å². The van der Waals surface area contributed by atoms with E-state index in [1.54, 1.807) is 6.07 Å². The largest absolute Gasteiger partial charge is 0.480 e. The van der Waals surface area contributed by atoms with E-state index < -0.39 is 18.0 Å². The molecule has 2 aromatic rings. The molecule has 1 atom stereocenters. The van der Waals surface area contributed by atoms with Crippen molar-refractivity contribution >= 4 is 28.5 Å². The minimum Gasteiger partial charge on any atom is -0.480 e. The van der Waals surface area contributed by atoms with Crippen LogP contribution in [-0.2, 0) is 4.79 Å². The van der Waals surface area contributed by atoms with Crippen LogP contribution in [-0.4, -0.2) is 23.1 Å². The summed E-state index contributed by atoms with van der Waals surface area (Å²) in [4.78, 5) is 23.0. The maximum absolute atomic E-state index is 12.0. The van der Waals surface area contributed by atoms with Gasteiger partial charge in [-0.3, -0.25) is 0 Å². The van der Waals surface area contributed by atoms with Gasteiger partial charge in [0.15, 0.2) is 0 Å². The first-order valence-corrected chi connectivity index (χ1v) is 6.90. The van der Waals surface area contributed by atoms with Gasteiger partial charge in [-0.25, -0.2) is 9.59 Å². The molecular weight excluding hydrogens is 268 g/mol. The number of carbonyl (C=O) groups is 2. The van der Waals surface area contributed by atoms with Crippen molar-refractivity contribution in [2.45, 2.75) is 25.8 Å². The van der Waals surface area contributed by atoms with Crippen molar-refractivity contribution in [1.29, 1.82) is 0 Å². The summed E-state index contributed by atoms with van der Waals surface area (Å²) in [6.45, 7) is 1.88. The van der Waals surface area contributed by atoms with Crippen molar-refractivity contribution in [2.75, 3.05) is 5.32 Å². The van der Waals surface area contributed by atoms with Crippen molar-refractivity contribution in [3.05, 3.63) is 42.5 Å². The van der Waals surface area contributed by atoms with Gasteiger partial charge in [0.25, 0.3) is 0 Å². The lowest BCUT2D eigenvalue weighted by Crippen LogP contribution is -2.42. The summed E-state index contributed by atoms with van der Waals surface area (Å²) in [5, 5.41) is 16.2. The third-order valence-corrected chi connectivity index (χ3v) is 3.22. The molecule has 2 rings (SSSR count). The van der Waals surface area contributed by atoms with Crippen LogP contribution in [0.3, 0.4) is 0 Å². The van der Waals surface area contributed by atoms with Gasteiger partial charge in [0.1, 0.15) is 6.04 Å². The fourth-order valence-electron chi connectivity index (χ4n) is 2.20. The highest BCUT2D eigenvalue weighted by Gasteiger charge is 2.18. The topological polar surface area (TPSA) is 78.4 Å². The molecule has 0 aromatic heterocycles. The van der Waals surface area contributed by atoms with Crippen molar-refractivity contribution in [3.8, 4) is 0 Å². The molecule has 0 saturated carbocycles. The Kier molecular flexibility index (Phi) is 4.77. The molecule has 0 saturated heterocycles. The molecule has 0 unspecified atom stereocenters. The molecule has 0 aliphatic heterocycles. The molecule has 0 fully saturated rings. The number of hydrogen-bond donors (Lipinski definition) is 3. The number of carboxylic acid groups (broad SMARTS) is 1.